The van der Waals surface area contributed by atoms with E-state index in [0.29, 0.717) is 34.8 Å². The molecule has 0 amide bonds. The minimum absolute atomic E-state index is 0.164. The standard InChI is InChI=1S/C20H22Cl2O5/c1-2-6-19-20(18(24)12-15(13-23)27-19)26-10-5-3-4-9-25-14-7-8-16(21)17(22)11-14/h2,6-8,11-12,23H,3-5,9-10,13H2,1H3/b6-2+. The van der Waals surface area contributed by atoms with Crippen LogP contribution in [0.2, 0.25) is 10.0 Å². The fraction of sp³-hybridized carbons (Fsp3) is 0.350. The molecule has 1 N–H and O–H groups in total. The average Bonchev–Trinajstić information content (AvgIpc) is 2.65. The van der Waals surface area contributed by atoms with Crippen molar-refractivity contribution >= 4 is 29.3 Å². The van der Waals surface area contributed by atoms with Crippen LogP contribution >= 0.6 is 23.2 Å². The molecule has 2 rings (SSSR count). The number of benzene rings is 1. The molecule has 0 aliphatic heterocycles. The number of unbranched alkanes of at least 4 members (excludes halogenated alkanes) is 2. The van der Waals surface area contributed by atoms with Gasteiger partial charge in [-0.1, -0.05) is 29.3 Å². The molecule has 0 radical (unpaired) electrons. The number of aliphatic hydroxyl groups is 1. The van der Waals surface area contributed by atoms with Crippen LogP contribution in [0.25, 0.3) is 6.08 Å². The summed E-state index contributed by atoms with van der Waals surface area (Å²) < 4.78 is 16.7. The van der Waals surface area contributed by atoms with E-state index in [-0.39, 0.29) is 23.5 Å². The molecule has 1 aromatic heterocycles. The van der Waals surface area contributed by atoms with Gasteiger partial charge in [-0.3, -0.25) is 4.79 Å². The predicted molar refractivity (Wildman–Crippen MR) is 107 cm³/mol. The summed E-state index contributed by atoms with van der Waals surface area (Å²) in [7, 11) is 0. The molecule has 27 heavy (non-hydrogen) atoms. The van der Waals surface area contributed by atoms with Gasteiger partial charge in [-0.05, 0) is 44.4 Å². The average molecular weight is 413 g/mol. The number of rotatable bonds is 10. The van der Waals surface area contributed by atoms with Crippen LogP contribution in [0.3, 0.4) is 0 Å². The SMILES string of the molecule is C/C=C/c1oc(CO)cc(=O)c1OCCCCCOc1ccc(Cl)c(Cl)c1. The first kappa shape index (κ1) is 21.4. The normalized spacial score (nSPS) is 11.1. The van der Waals surface area contributed by atoms with Crippen molar-refractivity contribution in [1.29, 1.82) is 0 Å². The highest BCUT2D eigenvalue weighted by Crippen LogP contribution is 2.26. The third-order valence-corrected chi connectivity index (χ3v) is 4.39. The molecule has 0 saturated heterocycles. The third-order valence-electron chi connectivity index (χ3n) is 3.65. The highest BCUT2D eigenvalue weighted by Gasteiger charge is 2.11. The Morgan fingerprint density at radius 3 is 2.48 bits per heavy atom. The van der Waals surface area contributed by atoms with Gasteiger partial charge in [0, 0.05) is 12.1 Å². The topological polar surface area (TPSA) is 68.9 Å². The van der Waals surface area contributed by atoms with Gasteiger partial charge in [0.15, 0.2) is 5.76 Å². The van der Waals surface area contributed by atoms with Crippen molar-refractivity contribution in [2.24, 2.45) is 0 Å². The molecule has 146 valence electrons. The Hall–Kier alpha value is -1.95. The highest BCUT2D eigenvalue weighted by molar-refractivity contribution is 6.42. The van der Waals surface area contributed by atoms with Crippen molar-refractivity contribution < 1.29 is 19.0 Å². The summed E-state index contributed by atoms with van der Waals surface area (Å²) >= 11 is 11.8. The minimum Gasteiger partial charge on any atom is -0.494 e. The summed E-state index contributed by atoms with van der Waals surface area (Å²) in [6.07, 6.45) is 5.86. The van der Waals surface area contributed by atoms with E-state index < -0.39 is 0 Å². The summed E-state index contributed by atoms with van der Waals surface area (Å²) in [6.45, 7) is 2.41. The molecule has 0 unspecified atom stereocenters. The smallest absolute Gasteiger partial charge is 0.227 e. The van der Waals surface area contributed by atoms with E-state index in [0.717, 1.165) is 19.3 Å². The number of hydrogen-bond donors (Lipinski definition) is 1. The lowest BCUT2D eigenvalue weighted by atomic mass is 10.2. The van der Waals surface area contributed by atoms with E-state index in [4.69, 9.17) is 42.2 Å². The van der Waals surface area contributed by atoms with E-state index in [1.807, 2.05) is 6.92 Å². The zero-order valence-electron chi connectivity index (χ0n) is 15.0. The molecule has 0 fully saturated rings. The second kappa shape index (κ2) is 11.0. The molecule has 0 bridgehead atoms. The van der Waals surface area contributed by atoms with Crippen LogP contribution < -0.4 is 14.9 Å². The molecule has 0 saturated carbocycles. The van der Waals surface area contributed by atoms with E-state index in [1.54, 1.807) is 30.4 Å². The van der Waals surface area contributed by atoms with Gasteiger partial charge < -0.3 is 19.0 Å². The second-order valence-corrected chi connectivity index (χ2v) is 6.58. The maximum Gasteiger partial charge on any atom is 0.227 e. The number of allylic oxidation sites excluding steroid dienone is 1. The largest absolute Gasteiger partial charge is 0.494 e. The predicted octanol–water partition coefficient (Wildman–Crippen LogP) is 5.10. The lowest BCUT2D eigenvalue weighted by Gasteiger charge is -2.09. The molecule has 0 aliphatic carbocycles. The van der Waals surface area contributed by atoms with Gasteiger partial charge in [-0.25, -0.2) is 0 Å². The maximum absolute atomic E-state index is 12.1. The lowest BCUT2D eigenvalue weighted by molar-refractivity contribution is 0.234. The number of aliphatic hydroxyl groups excluding tert-OH is 1. The molecule has 1 heterocycles. The number of ether oxygens (including phenoxy) is 2. The molecule has 1 aromatic carbocycles. The Morgan fingerprint density at radius 2 is 1.81 bits per heavy atom. The molecular weight excluding hydrogens is 391 g/mol. The molecule has 0 aliphatic rings. The Labute approximate surface area is 168 Å². The Bertz CT molecular complexity index is 830. The molecular formula is C20H22Cl2O5. The van der Waals surface area contributed by atoms with E-state index in [2.05, 4.69) is 0 Å². The Balaban J connectivity index is 1.75. The Kier molecular flexibility index (Phi) is 8.72. The summed E-state index contributed by atoms with van der Waals surface area (Å²) in [5.74, 6) is 1.37. The third kappa shape index (κ3) is 6.61. The van der Waals surface area contributed by atoms with Crippen LogP contribution in [-0.2, 0) is 6.61 Å². The van der Waals surface area contributed by atoms with Crippen molar-refractivity contribution in [3.05, 3.63) is 62.1 Å². The first-order chi connectivity index (χ1) is 13.0. The zero-order valence-corrected chi connectivity index (χ0v) is 16.6. The summed E-state index contributed by atoms with van der Waals surface area (Å²) in [6, 6.07) is 6.40. The maximum atomic E-state index is 12.1. The Morgan fingerprint density at radius 1 is 1.07 bits per heavy atom. The van der Waals surface area contributed by atoms with Gasteiger partial charge in [0.05, 0.1) is 23.3 Å². The minimum atomic E-state index is -0.334. The zero-order chi connectivity index (χ0) is 19.6. The molecule has 5 nitrogen and oxygen atoms in total. The lowest BCUT2D eigenvalue weighted by Crippen LogP contribution is -2.11. The van der Waals surface area contributed by atoms with Crippen LogP contribution in [0, 0.1) is 0 Å². The highest BCUT2D eigenvalue weighted by atomic mass is 35.5. The quantitative estimate of drug-likeness (QED) is 0.549. The van der Waals surface area contributed by atoms with Gasteiger partial charge in [-0.15, -0.1) is 0 Å². The second-order valence-electron chi connectivity index (χ2n) is 5.76. The fourth-order valence-corrected chi connectivity index (χ4v) is 2.63. The molecule has 0 atom stereocenters. The van der Waals surface area contributed by atoms with Crippen molar-refractivity contribution in [3.8, 4) is 11.5 Å². The van der Waals surface area contributed by atoms with E-state index in [9.17, 15) is 4.79 Å². The summed E-state index contributed by atoms with van der Waals surface area (Å²) in [5, 5.41) is 10.1. The number of hydrogen-bond acceptors (Lipinski definition) is 5. The van der Waals surface area contributed by atoms with Gasteiger partial charge in [0.25, 0.3) is 0 Å². The van der Waals surface area contributed by atoms with Crippen LogP contribution in [-0.4, -0.2) is 18.3 Å². The van der Waals surface area contributed by atoms with Crippen molar-refractivity contribution in [2.75, 3.05) is 13.2 Å². The molecule has 7 heteroatoms. The molecule has 2 aromatic rings. The number of halogens is 2. The summed E-state index contributed by atoms with van der Waals surface area (Å²) in [5.41, 5.74) is -0.304. The monoisotopic (exact) mass is 412 g/mol. The van der Waals surface area contributed by atoms with Crippen LogP contribution in [0.15, 0.2) is 39.6 Å². The van der Waals surface area contributed by atoms with Crippen LogP contribution in [0.5, 0.6) is 11.5 Å². The van der Waals surface area contributed by atoms with Gasteiger partial charge in [0.1, 0.15) is 18.1 Å². The summed E-state index contributed by atoms with van der Waals surface area (Å²) in [4.78, 5) is 12.1. The first-order valence-corrected chi connectivity index (χ1v) is 9.42. The first-order valence-electron chi connectivity index (χ1n) is 8.66. The van der Waals surface area contributed by atoms with E-state index >= 15 is 0 Å². The van der Waals surface area contributed by atoms with Crippen LogP contribution in [0.4, 0.5) is 0 Å². The van der Waals surface area contributed by atoms with E-state index in [1.165, 1.54) is 6.07 Å². The fourth-order valence-electron chi connectivity index (χ4n) is 2.34. The van der Waals surface area contributed by atoms with Crippen molar-refractivity contribution in [2.45, 2.75) is 32.8 Å². The van der Waals surface area contributed by atoms with Gasteiger partial charge in [0.2, 0.25) is 11.2 Å². The van der Waals surface area contributed by atoms with Gasteiger partial charge >= 0.3 is 0 Å². The van der Waals surface area contributed by atoms with Gasteiger partial charge in [-0.2, -0.15) is 0 Å². The van der Waals surface area contributed by atoms with Crippen molar-refractivity contribution in [1.82, 2.24) is 0 Å². The van der Waals surface area contributed by atoms with Crippen LogP contribution in [0.1, 0.15) is 37.7 Å². The molecule has 0 spiro atoms. The van der Waals surface area contributed by atoms with Crippen molar-refractivity contribution in [3.63, 3.8) is 0 Å².